The fraction of sp³-hybridized carbons (Fsp3) is 0.571. The highest BCUT2D eigenvalue weighted by atomic mass is 32.2. The third-order valence-corrected chi connectivity index (χ3v) is 3.28. The van der Waals surface area contributed by atoms with Crippen molar-refractivity contribution in [3.8, 4) is 5.75 Å². The highest BCUT2D eigenvalue weighted by molar-refractivity contribution is 7.98. The molecule has 0 saturated carbocycles. The molecule has 1 N–H and O–H groups in total. The molecule has 0 amide bonds. The van der Waals surface area contributed by atoms with Gasteiger partial charge in [0, 0.05) is 11.8 Å². The molecule has 0 spiro atoms. The molecule has 0 aliphatic carbocycles. The summed E-state index contributed by atoms with van der Waals surface area (Å²) in [5.41, 5.74) is 0.957. The monoisotopic (exact) mass is 271 g/mol. The number of halogens is 1. The summed E-state index contributed by atoms with van der Waals surface area (Å²) in [6, 6.07) is 5.36. The van der Waals surface area contributed by atoms with Crippen molar-refractivity contribution in [3.63, 3.8) is 0 Å². The van der Waals surface area contributed by atoms with Crippen molar-refractivity contribution in [2.45, 2.75) is 26.3 Å². The van der Waals surface area contributed by atoms with Crippen LogP contribution in [0.1, 0.15) is 31.9 Å². The van der Waals surface area contributed by atoms with Crippen LogP contribution >= 0.6 is 11.8 Å². The molecular formula is C14H22FNOS. The van der Waals surface area contributed by atoms with E-state index in [9.17, 15) is 4.39 Å². The number of rotatable bonds is 8. The number of hydrogen-bond acceptors (Lipinski definition) is 3. The molecule has 0 aliphatic rings. The van der Waals surface area contributed by atoms with Crippen molar-refractivity contribution in [1.29, 1.82) is 0 Å². The van der Waals surface area contributed by atoms with E-state index < -0.39 is 0 Å². The second-order valence-electron chi connectivity index (χ2n) is 4.21. The van der Waals surface area contributed by atoms with E-state index in [0.29, 0.717) is 12.4 Å². The maximum atomic E-state index is 13.8. The largest absolute Gasteiger partial charge is 0.490 e. The SMILES string of the molecule is CCCNC(C)c1ccc(OCCSC)c(F)c1. The van der Waals surface area contributed by atoms with E-state index in [-0.39, 0.29) is 11.9 Å². The molecule has 1 aromatic carbocycles. The summed E-state index contributed by atoms with van der Waals surface area (Å²) in [5.74, 6) is 0.935. The molecule has 4 heteroatoms. The Bertz CT molecular complexity index is 360. The lowest BCUT2D eigenvalue weighted by Gasteiger charge is -2.15. The van der Waals surface area contributed by atoms with Crippen molar-refractivity contribution in [3.05, 3.63) is 29.6 Å². The van der Waals surface area contributed by atoms with Gasteiger partial charge in [0.15, 0.2) is 11.6 Å². The Kier molecular flexibility index (Phi) is 7.13. The second kappa shape index (κ2) is 8.38. The molecule has 0 aliphatic heterocycles. The van der Waals surface area contributed by atoms with Crippen LogP contribution < -0.4 is 10.1 Å². The molecule has 0 bridgehead atoms. The molecule has 2 nitrogen and oxygen atoms in total. The van der Waals surface area contributed by atoms with Gasteiger partial charge < -0.3 is 10.1 Å². The van der Waals surface area contributed by atoms with Gasteiger partial charge in [0.1, 0.15) is 0 Å². The lowest BCUT2D eigenvalue weighted by atomic mass is 10.1. The lowest BCUT2D eigenvalue weighted by molar-refractivity contribution is 0.324. The standard InChI is InChI=1S/C14H22FNOS/c1-4-7-16-11(2)12-5-6-14(13(15)10-12)17-8-9-18-3/h5-6,10-11,16H,4,7-9H2,1-3H3. The maximum Gasteiger partial charge on any atom is 0.165 e. The molecule has 1 unspecified atom stereocenters. The molecule has 102 valence electrons. The van der Waals surface area contributed by atoms with E-state index in [1.54, 1.807) is 23.9 Å². The minimum absolute atomic E-state index is 0.166. The Morgan fingerprint density at radius 1 is 1.44 bits per heavy atom. The van der Waals surface area contributed by atoms with Gasteiger partial charge in [-0.05, 0) is 43.8 Å². The Balaban J connectivity index is 2.60. The van der Waals surface area contributed by atoms with Gasteiger partial charge in [-0.3, -0.25) is 0 Å². The normalized spacial score (nSPS) is 12.4. The summed E-state index contributed by atoms with van der Waals surface area (Å²) >= 11 is 1.69. The smallest absolute Gasteiger partial charge is 0.165 e. The zero-order valence-electron chi connectivity index (χ0n) is 11.3. The average Bonchev–Trinajstić information content (AvgIpc) is 2.38. The fourth-order valence-electron chi connectivity index (χ4n) is 1.62. The van der Waals surface area contributed by atoms with Gasteiger partial charge in [-0.15, -0.1) is 0 Å². The van der Waals surface area contributed by atoms with Crippen molar-refractivity contribution < 1.29 is 9.13 Å². The summed E-state index contributed by atoms with van der Waals surface area (Å²) in [4.78, 5) is 0. The topological polar surface area (TPSA) is 21.3 Å². The highest BCUT2D eigenvalue weighted by Crippen LogP contribution is 2.22. The summed E-state index contributed by atoms with van der Waals surface area (Å²) in [7, 11) is 0. The molecule has 0 fully saturated rings. The van der Waals surface area contributed by atoms with Crippen molar-refractivity contribution in [1.82, 2.24) is 5.32 Å². The first-order valence-electron chi connectivity index (χ1n) is 6.33. The van der Waals surface area contributed by atoms with Crippen LogP contribution in [0.15, 0.2) is 18.2 Å². The first-order valence-corrected chi connectivity index (χ1v) is 7.73. The van der Waals surface area contributed by atoms with Gasteiger partial charge in [0.2, 0.25) is 0 Å². The van der Waals surface area contributed by atoms with Crippen LogP contribution in [0.5, 0.6) is 5.75 Å². The molecule has 0 radical (unpaired) electrons. The summed E-state index contributed by atoms with van der Waals surface area (Å²) in [5, 5.41) is 3.34. The van der Waals surface area contributed by atoms with Gasteiger partial charge in [0.25, 0.3) is 0 Å². The van der Waals surface area contributed by atoms with Crippen LogP contribution in [-0.2, 0) is 0 Å². The zero-order chi connectivity index (χ0) is 13.4. The highest BCUT2D eigenvalue weighted by Gasteiger charge is 2.09. The van der Waals surface area contributed by atoms with E-state index in [2.05, 4.69) is 12.2 Å². The van der Waals surface area contributed by atoms with Crippen LogP contribution in [0.2, 0.25) is 0 Å². The van der Waals surface area contributed by atoms with Gasteiger partial charge in [0.05, 0.1) is 6.61 Å². The third-order valence-electron chi connectivity index (χ3n) is 2.70. The second-order valence-corrected chi connectivity index (χ2v) is 5.19. The number of thioether (sulfide) groups is 1. The van der Waals surface area contributed by atoms with Crippen LogP contribution in [0.3, 0.4) is 0 Å². The number of nitrogens with one attached hydrogen (secondary N) is 1. The van der Waals surface area contributed by atoms with Crippen molar-refractivity contribution in [2.75, 3.05) is 25.2 Å². The fourth-order valence-corrected chi connectivity index (χ4v) is 1.87. The molecular weight excluding hydrogens is 249 g/mol. The van der Waals surface area contributed by atoms with E-state index in [1.165, 1.54) is 0 Å². The Morgan fingerprint density at radius 2 is 2.22 bits per heavy atom. The van der Waals surface area contributed by atoms with Crippen molar-refractivity contribution in [2.24, 2.45) is 0 Å². The average molecular weight is 271 g/mol. The molecule has 1 aromatic rings. The Morgan fingerprint density at radius 3 is 2.83 bits per heavy atom. The predicted octanol–water partition coefficient (Wildman–Crippen LogP) is 3.63. The zero-order valence-corrected chi connectivity index (χ0v) is 12.1. The van der Waals surface area contributed by atoms with Gasteiger partial charge in [-0.1, -0.05) is 13.0 Å². The molecule has 0 aromatic heterocycles. The third kappa shape index (κ3) is 4.86. The molecule has 0 saturated heterocycles. The Hall–Kier alpha value is -0.740. The lowest BCUT2D eigenvalue weighted by Crippen LogP contribution is -2.19. The summed E-state index contributed by atoms with van der Waals surface area (Å²) in [6.45, 7) is 5.64. The minimum Gasteiger partial charge on any atom is -0.490 e. The quantitative estimate of drug-likeness (QED) is 0.730. The van der Waals surface area contributed by atoms with E-state index >= 15 is 0 Å². The van der Waals surface area contributed by atoms with Gasteiger partial charge >= 0.3 is 0 Å². The van der Waals surface area contributed by atoms with E-state index in [0.717, 1.165) is 24.3 Å². The predicted molar refractivity (Wildman–Crippen MR) is 77.0 cm³/mol. The van der Waals surface area contributed by atoms with Crippen LogP contribution in [0, 0.1) is 5.82 Å². The van der Waals surface area contributed by atoms with Crippen LogP contribution in [-0.4, -0.2) is 25.2 Å². The minimum atomic E-state index is -0.279. The van der Waals surface area contributed by atoms with Crippen LogP contribution in [0.4, 0.5) is 4.39 Å². The first kappa shape index (κ1) is 15.3. The molecule has 1 rings (SSSR count). The van der Waals surface area contributed by atoms with Crippen molar-refractivity contribution >= 4 is 11.8 Å². The number of ether oxygens (including phenoxy) is 1. The maximum absolute atomic E-state index is 13.8. The Labute approximate surface area is 113 Å². The van der Waals surface area contributed by atoms with Gasteiger partial charge in [-0.25, -0.2) is 4.39 Å². The number of hydrogen-bond donors (Lipinski definition) is 1. The van der Waals surface area contributed by atoms with Crippen LogP contribution in [0.25, 0.3) is 0 Å². The molecule has 0 heterocycles. The van der Waals surface area contributed by atoms with Gasteiger partial charge in [-0.2, -0.15) is 11.8 Å². The first-order chi connectivity index (χ1) is 8.69. The summed E-state index contributed by atoms with van der Waals surface area (Å²) < 4.78 is 19.2. The van der Waals surface area contributed by atoms with E-state index in [4.69, 9.17) is 4.74 Å². The van der Waals surface area contributed by atoms with E-state index in [1.807, 2.05) is 19.2 Å². The molecule has 18 heavy (non-hydrogen) atoms. The summed E-state index contributed by atoms with van der Waals surface area (Å²) in [6.07, 6.45) is 3.08. The number of benzene rings is 1. The molecule has 1 atom stereocenters.